The van der Waals surface area contributed by atoms with Gasteiger partial charge in [-0.05, 0) is 63.3 Å². The molecule has 0 saturated carbocycles. The molecule has 0 unspecified atom stereocenters. The van der Waals surface area contributed by atoms with Crippen molar-refractivity contribution in [1.82, 2.24) is 5.32 Å². The topological polar surface area (TPSA) is 191 Å². The van der Waals surface area contributed by atoms with Crippen molar-refractivity contribution in [2.75, 3.05) is 18.2 Å². The summed E-state index contributed by atoms with van der Waals surface area (Å²) >= 11 is 2.20. The summed E-state index contributed by atoms with van der Waals surface area (Å²) in [4.78, 5) is 35.0. The van der Waals surface area contributed by atoms with Crippen molar-refractivity contribution < 1.29 is 32.8 Å². The molecule has 15 heteroatoms. The molecule has 41 heavy (non-hydrogen) atoms. The minimum Gasteiger partial charge on any atom is -0.444 e. The van der Waals surface area contributed by atoms with Crippen LogP contribution in [0.25, 0.3) is 11.1 Å². The molecule has 0 atom stereocenters. The van der Waals surface area contributed by atoms with E-state index in [1.165, 1.54) is 42.1 Å². The second kappa shape index (κ2) is 12.4. The average molecular weight is 622 g/mol. The van der Waals surface area contributed by atoms with E-state index in [1.807, 2.05) is 0 Å². The SMILES string of the molecule is CSc1sc(C(=N)NC(=O)OC(C)(C)C)cc1S(=O)(=O)c1cccc(-c2c(C)cc([N+](=O)[O-])cc2NC(=O)C[OH2+])c1. The van der Waals surface area contributed by atoms with Gasteiger partial charge in [0.1, 0.15) is 11.4 Å². The van der Waals surface area contributed by atoms with E-state index in [0.717, 1.165) is 17.4 Å². The lowest BCUT2D eigenvalue weighted by Gasteiger charge is -2.19. The standard InChI is InChI=1S/C26H28N4O8S3/c1-14-9-16(30(34)35)11-18(28-21(32)13-31)22(14)15-7-6-8-17(10-15)41(36,37)20-12-19(40-24(20)39-5)23(27)29-25(33)38-26(2,3)4/h6-12,31H,13H2,1-5H3,(H,28,32)(H2,27,29,33)/p+1. The lowest BCUT2D eigenvalue weighted by atomic mass is 9.97. The maximum absolute atomic E-state index is 13.8. The van der Waals surface area contributed by atoms with E-state index >= 15 is 0 Å². The molecule has 2 amide bonds. The van der Waals surface area contributed by atoms with Gasteiger partial charge >= 0.3 is 12.0 Å². The van der Waals surface area contributed by atoms with E-state index in [-0.39, 0.29) is 31.9 Å². The number of hydrogen-bond acceptors (Lipinski definition) is 10. The maximum atomic E-state index is 13.8. The largest absolute Gasteiger partial charge is 0.444 e. The number of aryl methyl sites for hydroxylation is 1. The molecule has 218 valence electrons. The number of carbonyl (C=O) groups is 2. The van der Waals surface area contributed by atoms with Crippen LogP contribution in [0, 0.1) is 22.4 Å². The number of nitro benzene ring substituents is 1. The van der Waals surface area contributed by atoms with Crippen LogP contribution in [0.15, 0.2) is 56.5 Å². The summed E-state index contributed by atoms with van der Waals surface area (Å²) in [6.45, 7) is 6.02. The van der Waals surface area contributed by atoms with E-state index < -0.39 is 39.0 Å². The van der Waals surface area contributed by atoms with Crippen molar-refractivity contribution in [2.24, 2.45) is 0 Å². The number of alkyl carbamates (subject to hydrolysis) is 1. The van der Waals surface area contributed by atoms with E-state index in [0.29, 0.717) is 20.9 Å². The van der Waals surface area contributed by atoms with Gasteiger partial charge in [-0.15, -0.1) is 23.1 Å². The van der Waals surface area contributed by atoms with E-state index in [2.05, 4.69) is 10.6 Å². The molecular formula is C26H29N4O8S3+. The molecule has 2 aromatic carbocycles. The number of thiophene rings is 1. The lowest BCUT2D eigenvalue weighted by Crippen LogP contribution is -2.36. The number of carbonyl (C=O) groups excluding carboxylic acids is 2. The number of non-ortho nitro benzene ring substituents is 1. The fourth-order valence-electron chi connectivity index (χ4n) is 3.77. The number of ether oxygens (including phenoxy) is 1. The zero-order chi connectivity index (χ0) is 30.7. The van der Waals surface area contributed by atoms with Gasteiger partial charge < -0.3 is 15.2 Å². The van der Waals surface area contributed by atoms with Gasteiger partial charge in [0.2, 0.25) is 16.4 Å². The molecule has 0 bridgehead atoms. The number of thioether (sulfide) groups is 1. The van der Waals surface area contributed by atoms with Crippen molar-refractivity contribution >= 4 is 62.1 Å². The Morgan fingerprint density at radius 1 is 1.20 bits per heavy atom. The molecule has 12 nitrogen and oxygen atoms in total. The monoisotopic (exact) mass is 621 g/mol. The number of sulfone groups is 1. The number of anilines is 1. The van der Waals surface area contributed by atoms with E-state index in [9.17, 15) is 28.1 Å². The Bertz CT molecular complexity index is 1640. The van der Waals surface area contributed by atoms with Crippen LogP contribution >= 0.6 is 23.1 Å². The molecule has 0 saturated heterocycles. The van der Waals surface area contributed by atoms with Crippen molar-refractivity contribution in [3.8, 4) is 11.1 Å². The first kappa shape index (κ1) is 31.7. The Balaban J connectivity index is 2.06. The van der Waals surface area contributed by atoms with Gasteiger partial charge in [0.05, 0.1) is 29.5 Å². The maximum Gasteiger partial charge on any atom is 0.413 e. The van der Waals surface area contributed by atoms with Crippen LogP contribution < -0.4 is 10.6 Å². The fourth-order valence-corrected chi connectivity index (χ4v) is 7.72. The summed E-state index contributed by atoms with van der Waals surface area (Å²) in [6.07, 6.45) is 0.850. The van der Waals surface area contributed by atoms with Crippen molar-refractivity contribution in [3.05, 3.63) is 63.0 Å². The summed E-state index contributed by atoms with van der Waals surface area (Å²) in [5.41, 5.74) is 0.183. The van der Waals surface area contributed by atoms with Crippen molar-refractivity contribution in [2.45, 2.75) is 47.3 Å². The molecule has 0 aliphatic heterocycles. The predicted molar refractivity (Wildman–Crippen MR) is 158 cm³/mol. The number of amidine groups is 1. The molecule has 3 rings (SSSR count). The van der Waals surface area contributed by atoms with E-state index in [1.54, 1.807) is 40.0 Å². The predicted octanol–water partition coefficient (Wildman–Crippen LogP) is 4.70. The second-order valence-corrected chi connectivity index (χ2v) is 13.7. The van der Waals surface area contributed by atoms with Crippen molar-refractivity contribution in [1.29, 1.82) is 5.41 Å². The van der Waals surface area contributed by atoms with Crippen molar-refractivity contribution in [3.63, 3.8) is 0 Å². The number of nitrogens with one attached hydrogen (secondary N) is 3. The zero-order valence-electron chi connectivity index (χ0n) is 22.8. The van der Waals surface area contributed by atoms with Gasteiger partial charge in [0, 0.05) is 17.7 Å². The summed E-state index contributed by atoms with van der Waals surface area (Å²) in [7, 11) is -4.13. The minimum absolute atomic E-state index is 0.0546. The Kier molecular flexibility index (Phi) is 9.58. The highest BCUT2D eigenvalue weighted by atomic mass is 32.2. The first-order chi connectivity index (χ1) is 19.1. The number of hydrogen-bond donors (Lipinski definition) is 3. The van der Waals surface area contributed by atoms with Gasteiger partial charge in [-0.25, -0.2) is 13.2 Å². The lowest BCUT2D eigenvalue weighted by molar-refractivity contribution is -0.384. The van der Waals surface area contributed by atoms with Crippen LogP contribution in [0.1, 0.15) is 31.2 Å². The van der Waals surface area contributed by atoms with Gasteiger partial charge in [0.25, 0.3) is 5.69 Å². The fraction of sp³-hybridized carbons (Fsp3) is 0.269. The number of rotatable bonds is 8. The summed E-state index contributed by atoms with van der Waals surface area (Å²) in [6, 6.07) is 9.70. The van der Waals surface area contributed by atoms with Crippen LogP contribution in [-0.4, -0.2) is 54.7 Å². The first-order valence-corrected chi connectivity index (χ1v) is 15.5. The minimum atomic E-state index is -4.13. The second-order valence-electron chi connectivity index (χ2n) is 9.67. The highest BCUT2D eigenvalue weighted by Crippen LogP contribution is 2.40. The smallest absolute Gasteiger partial charge is 0.413 e. The molecule has 0 aliphatic rings. The van der Waals surface area contributed by atoms with Crippen LogP contribution in [0.4, 0.5) is 16.2 Å². The quantitative estimate of drug-likeness (QED) is 0.0805. The third-order valence-electron chi connectivity index (χ3n) is 5.41. The average Bonchev–Trinajstić information content (AvgIpc) is 3.33. The van der Waals surface area contributed by atoms with Crippen LogP contribution in [0.2, 0.25) is 0 Å². The summed E-state index contributed by atoms with van der Waals surface area (Å²) in [5, 5.41) is 31.8. The Morgan fingerprint density at radius 2 is 1.88 bits per heavy atom. The normalized spacial score (nSPS) is 11.6. The highest BCUT2D eigenvalue weighted by molar-refractivity contribution is 8.01. The molecule has 5 N–H and O–H groups in total. The Hall–Kier alpha value is -3.79. The first-order valence-electron chi connectivity index (χ1n) is 11.9. The van der Waals surface area contributed by atoms with Gasteiger partial charge in [-0.3, -0.25) is 25.6 Å². The Labute approximate surface area is 244 Å². The molecule has 0 spiro atoms. The van der Waals surface area contributed by atoms with Crippen LogP contribution in [0.5, 0.6) is 0 Å². The van der Waals surface area contributed by atoms with Gasteiger partial charge in [-0.1, -0.05) is 12.1 Å². The number of amides is 2. The molecular weight excluding hydrogens is 593 g/mol. The van der Waals surface area contributed by atoms with Crippen LogP contribution in [-0.2, 0) is 19.4 Å². The van der Waals surface area contributed by atoms with E-state index in [4.69, 9.17) is 15.3 Å². The summed E-state index contributed by atoms with van der Waals surface area (Å²) < 4.78 is 33.2. The highest BCUT2D eigenvalue weighted by Gasteiger charge is 2.27. The molecule has 0 radical (unpaired) electrons. The third-order valence-corrected chi connectivity index (χ3v) is 9.73. The summed E-state index contributed by atoms with van der Waals surface area (Å²) in [5.74, 6) is -1.00. The van der Waals surface area contributed by atoms with Gasteiger partial charge in [0.15, 0.2) is 0 Å². The third kappa shape index (κ3) is 7.49. The number of benzene rings is 2. The van der Waals surface area contributed by atoms with Gasteiger partial charge in [-0.2, -0.15) is 0 Å². The molecule has 0 aliphatic carbocycles. The molecule has 1 heterocycles. The Morgan fingerprint density at radius 3 is 2.46 bits per heavy atom. The zero-order valence-corrected chi connectivity index (χ0v) is 25.2. The molecule has 3 aromatic rings. The number of nitro groups is 1. The number of nitrogens with zero attached hydrogens (tertiary/aromatic N) is 1. The van der Waals surface area contributed by atoms with Crippen LogP contribution in [0.3, 0.4) is 0 Å². The molecule has 0 fully saturated rings. The molecule has 1 aromatic heterocycles.